The van der Waals surface area contributed by atoms with Crippen LogP contribution in [0.1, 0.15) is 39.5 Å². The Morgan fingerprint density at radius 2 is 1.38 bits per heavy atom. The number of hydrogen-bond acceptors (Lipinski definition) is 5. The monoisotopic (exact) mass is 232 g/mol. The molecule has 0 saturated carbocycles. The Morgan fingerprint density at radius 3 is 1.69 bits per heavy atom. The lowest BCUT2D eigenvalue weighted by atomic mass is 10.3. The molecule has 0 bridgehead atoms. The van der Waals surface area contributed by atoms with E-state index in [0.717, 1.165) is 12.8 Å². The maximum Gasteiger partial charge on any atom is 0.346 e. The van der Waals surface area contributed by atoms with E-state index in [0.29, 0.717) is 12.8 Å². The van der Waals surface area contributed by atoms with Gasteiger partial charge in [-0.3, -0.25) is 0 Å². The lowest BCUT2D eigenvalue weighted by Crippen LogP contribution is -2.33. The molecule has 0 atom stereocenters. The molecule has 0 aliphatic carbocycles. The standard InChI is InChI=1S/C11H20O5/c1-3-5-7-15-10(13)9(12)11(14)16-8-6-4-2/h9,12H,3-8H2,1-2H3. The first-order chi connectivity index (χ1) is 7.63. The topological polar surface area (TPSA) is 72.8 Å². The fourth-order valence-corrected chi connectivity index (χ4v) is 0.888. The normalized spacial score (nSPS) is 10.2. The fourth-order valence-electron chi connectivity index (χ4n) is 0.888. The Bertz CT molecular complexity index is 192. The van der Waals surface area contributed by atoms with Crippen LogP contribution in [-0.4, -0.2) is 36.4 Å². The lowest BCUT2D eigenvalue weighted by molar-refractivity contribution is -0.169. The minimum atomic E-state index is -1.81. The number of aliphatic hydroxyl groups is 1. The molecule has 0 rings (SSSR count). The molecule has 94 valence electrons. The number of unbranched alkanes of at least 4 members (excludes halogenated alkanes) is 2. The van der Waals surface area contributed by atoms with Crippen molar-refractivity contribution in [2.75, 3.05) is 13.2 Å². The van der Waals surface area contributed by atoms with E-state index >= 15 is 0 Å². The molecule has 0 amide bonds. The van der Waals surface area contributed by atoms with Gasteiger partial charge in [-0.15, -0.1) is 0 Å². The molecular weight excluding hydrogens is 212 g/mol. The zero-order valence-corrected chi connectivity index (χ0v) is 9.90. The molecule has 0 spiro atoms. The predicted molar refractivity (Wildman–Crippen MR) is 57.7 cm³/mol. The van der Waals surface area contributed by atoms with Crippen molar-refractivity contribution in [2.45, 2.75) is 45.6 Å². The van der Waals surface area contributed by atoms with Gasteiger partial charge in [0.15, 0.2) is 0 Å². The number of hydrogen-bond donors (Lipinski definition) is 1. The smallest absolute Gasteiger partial charge is 0.346 e. The summed E-state index contributed by atoms with van der Waals surface area (Å²) < 4.78 is 9.36. The first-order valence-corrected chi connectivity index (χ1v) is 5.64. The van der Waals surface area contributed by atoms with Gasteiger partial charge < -0.3 is 14.6 Å². The van der Waals surface area contributed by atoms with Crippen LogP contribution in [0, 0.1) is 0 Å². The largest absolute Gasteiger partial charge is 0.463 e. The molecule has 0 radical (unpaired) electrons. The molecule has 0 aliphatic rings. The number of ether oxygens (including phenoxy) is 2. The summed E-state index contributed by atoms with van der Waals surface area (Å²) in [5.74, 6) is -1.87. The highest BCUT2D eigenvalue weighted by atomic mass is 16.6. The van der Waals surface area contributed by atoms with Crippen LogP contribution in [0.4, 0.5) is 0 Å². The van der Waals surface area contributed by atoms with Crippen LogP contribution in [0.25, 0.3) is 0 Å². The van der Waals surface area contributed by atoms with Gasteiger partial charge in [0.1, 0.15) is 0 Å². The highest BCUT2D eigenvalue weighted by Gasteiger charge is 2.26. The summed E-state index contributed by atoms with van der Waals surface area (Å²) in [6.07, 6.45) is 1.37. The third kappa shape index (κ3) is 6.40. The molecule has 0 aromatic heterocycles. The maximum atomic E-state index is 11.1. The van der Waals surface area contributed by atoms with Crippen LogP contribution >= 0.6 is 0 Å². The Labute approximate surface area is 95.7 Å². The van der Waals surface area contributed by atoms with Gasteiger partial charge in [0.25, 0.3) is 0 Å². The Hall–Kier alpha value is -1.10. The van der Waals surface area contributed by atoms with Crippen molar-refractivity contribution in [3.63, 3.8) is 0 Å². The summed E-state index contributed by atoms with van der Waals surface area (Å²) >= 11 is 0. The first kappa shape index (κ1) is 14.9. The van der Waals surface area contributed by atoms with Gasteiger partial charge in [-0.2, -0.15) is 0 Å². The first-order valence-electron chi connectivity index (χ1n) is 5.64. The highest BCUT2D eigenvalue weighted by Crippen LogP contribution is 1.97. The third-order valence-electron chi connectivity index (χ3n) is 1.93. The van der Waals surface area contributed by atoms with Gasteiger partial charge in [-0.1, -0.05) is 26.7 Å². The second kappa shape index (κ2) is 9.15. The Balaban J connectivity index is 3.78. The number of esters is 2. The van der Waals surface area contributed by atoms with E-state index in [1.165, 1.54) is 0 Å². The van der Waals surface area contributed by atoms with E-state index in [1.54, 1.807) is 0 Å². The fraction of sp³-hybridized carbons (Fsp3) is 0.818. The molecular formula is C11H20O5. The van der Waals surface area contributed by atoms with E-state index in [9.17, 15) is 14.7 Å². The van der Waals surface area contributed by atoms with Crippen LogP contribution in [0.5, 0.6) is 0 Å². The second-order valence-electron chi connectivity index (χ2n) is 3.44. The lowest BCUT2D eigenvalue weighted by Gasteiger charge is -2.10. The molecule has 5 nitrogen and oxygen atoms in total. The number of carbonyl (C=O) groups is 2. The highest BCUT2D eigenvalue weighted by molar-refractivity contribution is 5.97. The molecule has 0 heterocycles. The van der Waals surface area contributed by atoms with Gasteiger partial charge in [-0.25, -0.2) is 9.59 Å². The van der Waals surface area contributed by atoms with E-state index in [-0.39, 0.29) is 13.2 Å². The molecule has 0 aromatic carbocycles. The summed E-state index contributed by atoms with van der Waals surface area (Å²) in [6.45, 7) is 4.33. The van der Waals surface area contributed by atoms with E-state index in [2.05, 4.69) is 9.47 Å². The average molecular weight is 232 g/mol. The summed E-state index contributed by atoms with van der Waals surface area (Å²) in [5.41, 5.74) is 0. The minimum Gasteiger partial charge on any atom is -0.463 e. The minimum absolute atomic E-state index is 0.217. The van der Waals surface area contributed by atoms with Crippen LogP contribution < -0.4 is 0 Å². The van der Waals surface area contributed by atoms with Gasteiger partial charge in [-0.05, 0) is 12.8 Å². The molecule has 0 unspecified atom stereocenters. The van der Waals surface area contributed by atoms with Crippen LogP contribution in [-0.2, 0) is 19.1 Å². The molecule has 0 aromatic rings. The van der Waals surface area contributed by atoms with Crippen molar-refractivity contribution in [1.82, 2.24) is 0 Å². The number of rotatable bonds is 8. The predicted octanol–water partition coefficient (Wildman–Crippen LogP) is 1.03. The summed E-state index contributed by atoms with van der Waals surface area (Å²) in [6, 6.07) is 0. The van der Waals surface area contributed by atoms with Crippen molar-refractivity contribution in [3.05, 3.63) is 0 Å². The van der Waals surface area contributed by atoms with Gasteiger partial charge in [0.2, 0.25) is 6.10 Å². The van der Waals surface area contributed by atoms with Crippen LogP contribution in [0.2, 0.25) is 0 Å². The van der Waals surface area contributed by atoms with Gasteiger partial charge in [0.05, 0.1) is 13.2 Å². The molecule has 1 N–H and O–H groups in total. The van der Waals surface area contributed by atoms with Gasteiger partial charge in [0, 0.05) is 0 Å². The van der Waals surface area contributed by atoms with Crippen molar-refractivity contribution < 1.29 is 24.2 Å². The van der Waals surface area contributed by atoms with Crippen molar-refractivity contribution >= 4 is 11.9 Å². The van der Waals surface area contributed by atoms with Crippen molar-refractivity contribution in [2.24, 2.45) is 0 Å². The zero-order valence-electron chi connectivity index (χ0n) is 9.90. The van der Waals surface area contributed by atoms with Crippen molar-refractivity contribution in [3.8, 4) is 0 Å². The second-order valence-corrected chi connectivity index (χ2v) is 3.44. The third-order valence-corrected chi connectivity index (χ3v) is 1.93. The van der Waals surface area contributed by atoms with E-state index in [4.69, 9.17) is 0 Å². The van der Waals surface area contributed by atoms with Crippen LogP contribution in [0.3, 0.4) is 0 Å². The van der Waals surface area contributed by atoms with E-state index in [1.807, 2.05) is 13.8 Å². The molecule has 5 heteroatoms. The summed E-state index contributed by atoms with van der Waals surface area (Å²) in [7, 11) is 0. The van der Waals surface area contributed by atoms with E-state index < -0.39 is 18.0 Å². The van der Waals surface area contributed by atoms with Crippen LogP contribution in [0.15, 0.2) is 0 Å². The Kier molecular flexibility index (Phi) is 8.52. The van der Waals surface area contributed by atoms with Gasteiger partial charge >= 0.3 is 11.9 Å². The Morgan fingerprint density at radius 1 is 1.00 bits per heavy atom. The SMILES string of the molecule is CCCCOC(=O)C(O)C(=O)OCCCC. The number of carbonyl (C=O) groups excluding carboxylic acids is 2. The number of aliphatic hydroxyl groups excluding tert-OH is 1. The average Bonchev–Trinajstić information content (AvgIpc) is 2.28. The molecule has 0 fully saturated rings. The molecule has 0 aliphatic heterocycles. The zero-order chi connectivity index (χ0) is 12.4. The molecule has 0 saturated heterocycles. The van der Waals surface area contributed by atoms with Crippen molar-refractivity contribution in [1.29, 1.82) is 0 Å². The summed E-state index contributed by atoms with van der Waals surface area (Å²) in [4.78, 5) is 22.2. The maximum absolute atomic E-state index is 11.1. The quantitative estimate of drug-likeness (QED) is 0.384. The summed E-state index contributed by atoms with van der Waals surface area (Å²) in [5, 5.41) is 9.24. The molecule has 16 heavy (non-hydrogen) atoms.